The molecule has 0 aliphatic carbocycles. The van der Waals surface area contributed by atoms with E-state index in [2.05, 4.69) is 19.9 Å². The number of rotatable bonds is 3. The van der Waals surface area contributed by atoms with Crippen molar-refractivity contribution in [3.05, 3.63) is 65.0 Å². The molecule has 4 rings (SSSR count). The Kier molecular flexibility index (Phi) is 5.05. The Morgan fingerprint density at radius 1 is 0.897 bits per heavy atom. The Bertz CT molecular complexity index is 1050. The van der Waals surface area contributed by atoms with Crippen LogP contribution in [0.1, 0.15) is 32.9 Å². The predicted octanol–water partition coefficient (Wildman–Crippen LogP) is 2.86. The van der Waals surface area contributed by atoms with Gasteiger partial charge in [0.05, 0.1) is 5.69 Å². The van der Waals surface area contributed by atoms with Crippen LogP contribution in [0, 0.1) is 27.7 Å². The van der Waals surface area contributed by atoms with E-state index in [1.54, 1.807) is 12.7 Å². The van der Waals surface area contributed by atoms with Crippen LogP contribution in [-0.2, 0) is 0 Å². The molecule has 0 unspecified atom stereocenters. The van der Waals surface area contributed by atoms with Crippen molar-refractivity contribution >= 4 is 11.7 Å². The van der Waals surface area contributed by atoms with E-state index in [1.807, 2.05) is 61.4 Å². The number of carbonyl (C=O) groups excluding carboxylic acids is 1. The normalized spacial score (nSPS) is 14.3. The standard InChI is InChI=1S/C22H26N6O/c1-15-5-6-16(2)19(11-15)22(29)27-9-7-26(8-10-27)20-12-21(24-13-23-20)28-14-25-17(3)18(28)4/h5-6,11-14H,7-10H2,1-4H3. The fourth-order valence-electron chi connectivity index (χ4n) is 3.65. The van der Waals surface area contributed by atoms with Crippen LogP contribution in [0.5, 0.6) is 0 Å². The van der Waals surface area contributed by atoms with Gasteiger partial charge in [-0.15, -0.1) is 0 Å². The highest BCUT2D eigenvalue weighted by Crippen LogP contribution is 2.20. The highest BCUT2D eigenvalue weighted by Gasteiger charge is 2.24. The van der Waals surface area contributed by atoms with Crippen molar-refractivity contribution < 1.29 is 4.79 Å². The summed E-state index contributed by atoms with van der Waals surface area (Å²) in [6.45, 7) is 10.9. The Labute approximate surface area is 171 Å². The number of hydrogen-bond donors (Lipinski definition) is 0. The molecule has 7 heteroatoms. The lowest BCUT2D eigenvalue weighted by molar-refractivity contribution is 0.0745. The first-order valence-electron chi connectivity index (χ1n) is 9.88. The van der Waals surface area contributed by atoms with Crippen molar-refractivity contribution in [3.8, 4) is 5.82 Å². The zero-order valence-electron chi connectivity index (χ0n) is 17.4. The summed E-state index contributed by atoms with van der Waals surface area (Å²) in [4.78, 5) is 30.3. The molecule has 1 amide bonds. The fraction of sp³-hybridized carbons (Fsp3) is 0.364. The van der Waals surface area contributed by atoms with Gasteiger partial charge in [-0.25, -0.2) is 15.0 Å². The summed E-state index contributed by atoms with van der Waals surface area (Å²) < 4.78 is 1.97. The third kappa shape index (κ3) is 3.72. The Morgan fingerprint density at radius 3 is 2.31 bits per heavy atom. The number of amides is 1. The number of hydrogen-bond acceptors (Lipinski definition) is 5. The van der Waals surface area contributed by atoms with E-state index in [-0.39, 0.29) is 5.91 Å². The van der Waals surface area contributed by atoms with E-state index in [9.17, 15) is 4.79 Å². The lowest BCUT2D eigenvalue weighted by Gasteiger charge is -2.35. The molecule has 0 N–H and O–H groups in total. The van der Waals surface area contributed by atoms with Gasteiger partial charge in [0.25, 0.3) is 5.91 Å². The SMILES string of the molecule is Cc1ccc(C)c(C(=O)N2CCN(c3cc(-n4cnc(C)c4C)ncn3)CC2)c1. The largest absolute Gasteiger partial charge is 0.353 e. The van der Waals surface area contributed by atoms with E-state index in [0.717, 1.165) is 52.8 Å². The van der Waals surface area contributed by atoms with Gasteiger partial charge in [0.15, 0.2) is 0 Å². The van der Waals surface area contributed by atoms with Gasteiger partial charge in [0.2, 0.25) is 0 Å². The molecule has 1 saturated heterocycles. The maximum Gasteiger partial charge on any atom is 0.254 e. The molecule has 1 aliphatic heterocycles. The molecule has 150 valence electrons. The van der Waals surface area contributed by atoms with Gasteiger partial charge >= 0.3 is 0 Å². The van der Waals surface area contributed by atoms with E-state index in [0.29, 0.717) is 13.1 Å². The molecule has 0 spiro atoms. The first kappa shape index (κ1) is 19.1. The predicted molar refractivity (Wildman–Crippen MR) is 113 cm³/mol. The number of aryl methyl sites for hydroxylation is 3. The molecule has 2 aromatic heterocycles. The monoisotopic (exact) mass is 390 g/mol. The van der Waals surface area contributed by atoms with Crippen molar-refractivity contribution in [3.63, 3.8) is 0 Å². The third-order valence-corrected chi connectivity index (χ3v) is 5.65. The van der Waals surface area contributed by atoms with Crippen molar-refractivity contribution in [2.24, 2.45) is 0 Å². The second kappa shape index (κ2) is 7.66. The van der Waals surface area contributed by atoms with Gasteiger partial charge in [0, 0.05) is 43.5 Å². The van der Waals surface area contributed by atoms with Gasteiger partial charge in [-0.05, 0) is 39.3 Å². The van der Waals surface area contributed by atoms with E-state index in [1.165, 1.54) is 0 Å². The lowest BCUT2D eigenvalue weighted by Crippen LogP contribution is -2.49. The number of aromatic nitrogens is 4. The highest BCUT2D eigenvalue weighted by molar-refractivity contribution is 5.96. The van der Waals surface area contributed by atoms with Crippen LogP contribution in [0.4, 0.5) is 5.82 Å². The molecule has 0 radical (unpaired) electrons. The van der Waals surface area contributed by atoms with Crippen LogP contribution in [0.2, 0.25) is 0 Å². The minimum Gasteiger partial charge on any atom is -0.353 e. The van der Waals surface area contributed by atoms with Crippen LogP contribution in [-0.4, -0.2) is 56.5 Å². The summed E-state index contributed by atoms with van der Waals surface area (Å²) in [5.74, 6) is 1.79. The van der Waals surface area contributed by atoms with Crippen LogP contribution in [0.3, 0.4) is 0 Å². The highest BCUT2D eigenvalue weighted by atomic mass is 16.2. The summed E-state index contributed by atoms with van der Waals surface area (Å²) in [6, 6.07) is 8.02. The van der Waals surface area contributed by atoms with E-state index in [4.69, 9.17) is 0 Å². The Morgan fingerprint density at radius 2 is 1.62 bits per heavy atom. The zero-order valence-corrected chi connectivity index (χ0v) is 17.4. The lowest BCUT2D eigenvalue weighted by atomic mass is 10.0. The second-order valence-corrected chi connectivity index (χ2v) is 7.62. The third-order valence-electron chi connectivity index (χ3n) is 5.65. The fourth-order valence-corrected chi connectivity index (χ4v) is 3.65. The molecule has 1 fully saturated rings. The number of nitrogens with zero attached hydrogens (tertiary/aromatic N) is 6. The smallest absolute Gasteiger partial charge is 0.254 e. The molecule has 0 atom stereocenters. The van der Waals surface area contributed by atoms with Crippen molar-refractivity contribution in [2.45, 2.75) is 27.7 Å². The molecule has 29 heavy (non-hydrogen) atoms. The molecular weight excluding hydrogens is 364 g/mol. The molecule has 1 aliphatic rings. The van der Waals surface area contributed by atoms with Crippen LogP contribution >= 0.6 is 0 Å². The number of piperazine rings is 1. The van der Waals surface area contributed by atoms with Crippen molar-refractivity contribution in [1.29, 1.82) is 0 Å². The summed E-state index contributed by atoms with van der Waals surface area (Å²) in [5, 5.41) is 0. The van der Waals surface area contributed by atoms with E-state index >= 15 is 0 Å². The quantitative estimate of drug-likeness (QED) is 0.688. The Hall–Kier alpha value is -3.22. The average Bonchev–Trinajstić information content (AvgIpc) is 3.08. The van der Waals surface area contributed by atoms with Gasteiger partial charge in [-0.1, -0.05) is 17.7 Å². The minimum atomic E-state index is 0.110. The average molecular weight is 390 g/mol. The second-order valence-electron chi connectivity index (χ2n) is 7.62. The van der Waals surface area contributed by atoms with Gasteiger partial charge in [0.1, 0.15) is 24.3 Å². The van der Waals surface area contributed by atoms with Crippen LogP contribution in [0.25, 0.3) is 5.82 Å². The number of carbonyl (C=O) groups is 1. The molecule has 3 aromatic rings. The Balaban J connectivity index is 1.47. The number of anilines is 1. The minimum absolute atomic E-state index is 0.110. The molecular formula is C22H26N6O. The topological polar surface area (TPSA) is 67.2 Å². The maximum absolute atomic E-state index is 13.0. The summed E-state index contributed by atoms with van der Waals surface area (Å²) in [5.41, 5.74) is 4.99. The molecule has 7 nitrogen and oxygen atoms in total. The van der Waals surface area contributed by atoms with Gasteiger partial charge < -0.3 is 9.80 Å². The van der Waals surface area contributed by atoms with Crippen molar-refractivity contribution in [2.75, 3.05) is 31.1 Å². The van der Waals surface area contributed by atoms with Crippen LogP contribution < -0.4 is 4.90 Å². The van der Waals surface area contributed by atoms with Crippen LogP contribution in [0.15, 0.2) is 36.9 Å². The van der Waals surface area contributed by atoms with Gasteiger partial charge in [-0.2, -0.15) is 0 Å². The molecule has 0 saturated carbocycles. The number of benzene rings is 1. The summed E-state index contributed by atoms with van der Waals surface area (Å²) in [7, 11) is 0. The van der Waals surface area contributed by atoms with E-state index < -0.39 is 0 Å². The van der Waals surface area contributed by atoms with Crippen molar-refractivity contribution in [1.82, 2.24) is 24.4 Å². The van der Waals surface area contributed by atoms with Gasteiger partial charge in [-0.3, -0.25) is 9.36 Å². The number of imidazole rings is 1. The molecule has 0 bridgehead atoms. The first-order chi connectivity index (χ1) is 13.9. The maximum atomic E-state index is 13.0. The molecule has 3 heterocycles. The summed E-state index contributed by atoms with van der Waals surface area (Å²) in [6.07, 6.45) is 3.38. The summed E-state index contributed by atoms with van der Waals surface area (Å²) >= 11 is 0. The zero-order chi connectivity index (χ0) is 20.5. The first-order valence-corrected chi connectivity index (χ1v) is 9.88. The molecule has 1 aromatic carbocycles.